The van der Waals surface area contributed by atoms with Gasteiger partial charge in [-0.25, -0.2) is 9.67 Å². The SMILES string of the molecule is Cc1nn(CCO)c(C)c1CN[C@@H]1CCc2nc(C(C)C)nn2C1. The molecule has 7 heteroatoms. The summed E-state index contributed by atoms with van der Waals surface area (Å²) in [6.45, 7) is 10.7. The molecule has 7 nitrogen and oxygen atoms in total. The number of hydrogen-bond donors (Lipinski definition) is 2. The molecule has 0 fully saturated rings. The molecule has 0 bridgehead atoms. The predicted molar refractivity (Wildman–Crippen MR) is 91.8 cm³/mol. The van der Waals surface area contributed by atoms with Gasteiger partial charge in [-0.2, -0.15) is 10.2 Å². The zero-order valence-corrected chi connectivity index (χ0v) is 15.1. The van der Waals surface area contributed by atoms with E-state index < -0.39 is 0 Å². The Hall–Kier alpha value is -1.73. The second-order valence-electron chi connectivity index (χ2n) is 6.94. The van der Waals surface area contributed by atoms with Crippen LogP contribution in [0.25, 0.3) is 0 Å². The van der Waals surface area contributed by atoms with Crippen molar-refractivity contribution in [2.75, 3.05) is 6.61 Å². The molecule has 0 saturated heterocycles. The van der Waals surface area contributed by atoms with E-state index in [2.05, 4.69) is 46.0 Å². The van der Waals surface area contributed by atoms with Gasteiger partial charge in [0.05, 0.1) is 25.4 Å². The highest BCUT2D eigenvalue weighted by Gasteiger charge is 2.22. The minimum absolute atomic E-state index is 0.116. The van der Waals surface area contributed by atoms with Crippen molar-refractivity contribution in [3.63, 3.8) is 0 Å². The molecule has 3 rings (SSSR count). The largest absolute Gasteiger partial charge is 0.394 e. The summed E-state index contributed by atoms with van der Waals surface area (Å²) in [5.74, 6) is 2.43. The maximum absolute atomic E-state index is 9.12. The molecule has 0 aromatic carbocycles. The van der Waals surface area contributed by atoms with Crippen molar-refractivity contribution >= 4 is 0 Å². The van der Waals surface area contributed by atoms with E-state index in [1.54, 1.807) is 0 Å². The lowest BCUT2D eigenvalue weighted by Gasteiger charge is -2.23. The van der Waals surface area contributed by atoms with Crippen LogP contribution in [0.1, 0.15) is 54.8 Å². The summed E-state index contributed by atoms with van der Waals surface area (Å²) >= 11 is 0. The number of nitrogens with zero attached hydrogens (tertiary/aromatic N) is 5. The van der Waals surface area contributed by atoms with Crippen LogP contribution in [0.3, 0.4) is 0 Å². The summed E-state index contributed by atoms with van der Waals surface area (Å²) in [4.78, 5) is 4.64. The maximum atomic E-state index is 9.12. The van der Waals surface area contributed by atoms with Gasteiger partial charge in [0.15, 0.2) is 5.82 Å². The molecule has 2 aromatic rings. The number of aliphatic hydroxyl groups excluding tert-OH is 1. The van der Waals surface area contributed by atoms with E-state index in [9.17, 15) is 0 Å². The minimum Gasteiger partial charge on any atom is -0.394 e. The first-order valence-corrected chi connectivity index (χ1v) is 8.80. The average molecular weight is 332 g/mol. The monoisotopic (exact) mass is 332 g/mol. The quantitative estimate of drug-likeness (QED) is 0.834. The van der Waals surface area contributed by atoms with Crippen molar-refractivity contribution in [1.82, 2.24) is 29.9 Å². The number of fused-ring (bicyclic) bond motifs is 1. The summed E-state index contributed by atoms with van der Waals surface area (Å²) in [5.41, 5.74) is 3.40. The lowest BCUT2D eigenvalue weighted by Crippen LogP contribution is -2.37. The maximum Gasteiger partial charge on any atom is 0.153 e. The third kappa shape index (κ3) is 3.37. The Labute approximate surface area is 143 Å². The molecule has 1 aliphatic heterocycles. The van der Waals surface area contributed by atoms with Crippen molar-refractivity contribution in [1.29, 1.82) is 0 Å². The Kier molecular flexibility index (Phi) is 5.01. The summed E-state index contributed by atoms with van der Waals surface area (Å²) in [7, 11) is 0. The van der Waals surface area contributed by atoms with Crippen molar-refractivity contribution in [2.24, 2.45) is 0 Å². The normalized spacial score (nSPS) is 17.5. The van der Waals surface area contributed by atoms with Gasteiger partial charge in [0, 0.05) is 36.2 Å². The fourth-order valence-electron chi connectivity index (χ4n) is 3.29. The first kappa shape index (κ1) is 17.1. The van der Waals surface area contributed by atoms with Gasteiger partial charge in [0.1, 0.15) is 5.82 Å². The molecule has 3 heterocycles. The molecule has 132 valence electrons. The average Bonchev–Trinajstić information content (AvgIpc) is 3.08. The third-order valence-electron chi connectivity index (χ3n) is 4.80. The molecule has 2 aromatic heterocycles. The van der Waals surface area contributed by atoms with Gasteiger partial charge in [0.25, 0.3) is 0 Å². The molecular weight excluding hydrogens is 304 g/mol. The van der Waals surface area contributed by atoms with Crippen LogP contribution >= 0.6 is 0 Å². The molecule has 2 N–H and O–H groups in total. The van der Waals surface area contributed by atoms with Crippen molar-refractivity contribution < 1.29 is 5.11 Å². The van der Waals surface area contributed by atoms with E-state index >= 15 is 0 Å². The first-order chi connectivity index (χ1) is 11.5. The van der Waals surface area contributed by atoms with E-state index in [4.69, 9.17) is 5.11 Å². The fourth-order valence-corrected chi connectivity index (χ4v) is 3.29. The van der Waals surface area contributed by atoms with Crippen molar-refractivity contribution in [2.45, 2.75) is 72.1 Å². The van der Waals surface area contributed by atoms with E-state index in [0.717, 1.165) is 49.0 Å². The van der Waals surface area contributed by atoms with E-state index in [-0.39, 0.29) is 6.61 Å². The Bertz CT molecular complexity index is 702. The van der Waals surface area contributed by atoms with Crippen LogP contribution < -0.4 is 5.32 Å². The highest BCUT2D eigenvalue weighted by molar-refractivity contribution is 5.24. The summed E-state index contributed by atoms with van der Waals surface area (Å²) in [6, 6.07) is 0.402. The molecule has 0 saturated carbocycles. The highest BCUT2D eigenvalue weighted by atomic mass is 16.3. The van der Waals surface area contributed by atoms with Crippen LogP contribution in [0.2, 0.25) is 0 Å². The molecule has 0 unspecified atom stereocenters. The van der Waals surface area contributed by atoms with Gasteiger partial charge >= 0.3 is 0 Å². The third-order valence-corrected chi connectivity index (χ3v) is 4.80. The molecule has 0 spiro atoms. The van der Waals surface area contributed by atoms with Crippen LogP contribution in [0.5, 0.6) is 0 Å². The molecule has 0 aliphatic carbocycles. The van der Waals surface area contributed by atoms with Crippen molar-refractivity contribution in [3.05, 3.63) is 28.6 Å². The van der Waals surface area contributed by atoms with Gasteiger partial charge in [-0.3, -0.25) is 4.68 Å². The van der Waals surface area contributed by atoms with Gasteiger partial charge in [0.2, 0.25) is 0 Å². The van der Waals surface area contributed by atoms with Gasteiger partial charge in [-0.15, -0.1) is 0 Å². The molecule has 1 atom stereocenters. The van der Waals surface area contributed by atoms with Crippen LogP contribution in [0.4, 0.5) is 0 Å². The topological polar surface area (TPSA) is 80.8 Å². The molecule has 24 heavy (non-hydrogen) atoms. The van der Waals surface area contributed by atoms with Gasteiger partial charge < -0.3 is 10.4 Å². The number of nitrogens with one attached hydrogen (secondary N) is 1. The number of aromatic nitrogens is 5. The standard InChI is InChI=1S/C17H28N6O/c1-11(2)17-19-16-6-5-14(10-23(16)21-17)18-9-15-12(3)20-22(7-8-24)13(15)4/h11,14,18,24H,5-10H2,1-4H3/t14-/m1/s1. The molecule has 1 aliphatic rings. The lowest BCUT2D eigenvalue weighted by molar-refractivity contribution is 0.267. The van der Waals surface area contributed by atoms with Crippen LogP contribution in [0, 0.1) is 13.8 Å². The van der Waals surface area contributed by atoms with Crippen LogP contribution in [0.15, 0.2) is 0 Å². The van der Waals surface area contributed by atoms with Crippen LogP contribution in [-0.4, -0.2) is 42.3 Å². The Morgan fingerprint density at radius 1 is 1.29 bits per heavy atom. The Morgan fingerprint density at radius 3 is 2.79 bits per heavy atom. The minimum atomic E-state index is 0.116. The summed E-state index contributed by atoms with van der Waals surface area (Å²) < 4.78 is 3.95. The van der Waals surface area contributed by atoms with E-state index in [1.807, 2.05) is 11.6 Å². The highest BCUT2D eigenvalue weighted by Crippen LogP contribution is 2.18. The molecule has 0 amide bonds. The van der Waals surface area contributed by atoms with Gasteiger partial charge in [-0.05, 0) is 20.3 Å². The summed E-state index contributed by atoms with van der Waals surface area (Å²) in [5, 5.41) is 21.9. The smallest absolute Gasteiger partial charge is 0.153 e. The number of aliphatic hydroxyl groups is 1. The number of rotatable bonds is 6. The molecular formula is C17H28N6O. The first-order valence-electron chi connectivity index (χ1n) is 8.80. The van der Waals surface area contributed by atoms with E-state index in [0.29, 0.717) is 18.5 Å². The summed E-state index contributed by atoms with van der Waals surface area (Å²) in [6.07, 6.45) is 2.05. The van der Waals surface area contributed by atoms with E-state index in [1.165, 1.54) is 5.56 Å². The van der Waals surface area contributed by atoms with Gasteiger partial charge in [-0.1, -0.05) is 13.8 Å². The lowest BCUT2D eigenvalue weighted by atomic mass is 10.1. The molecule has 0 radical (unpaired) electrons. The van der Waals surface area contributed by atoms with Crippen LogP contribution in [-0.2, 0) is 26.1 Å². The zero-order valence-electron chi connectivity index (χ0n) is 15.1. The number of aryl methyl sites for hydroxylation is 2. The zero-order chi connectivity index (χ0) is 17.3. The second kappa shape index (κ2) is 7.03. The second-order valence-corrected chi connectivity index (χ2v) is 6.94. The van der Waals surface area contributed by atoms with Crippen molar-refractivity contribution in [3.8, 4) is 0 Å². The predicted octanol–water partition coefficient (Wildman–Crippen LogP) is 1.31. The fraction of sp³-hybridized carbons (Fsp3) is 0.706. The Balaban J connectivity index is 1.64. The Morgan fingerprint density at radius 2 is 2.08 bits per heavy atom. The number of hydrogen-bond acceptors (Lipinski definition) is 5.